The minimum Gasteiger partial charge on any atom is -0.377 e. The fourth-order valence-corrected chi connectivity index (χ4v) is 5.37. The van der Waals surface area contributed by atoms with Crippen LogP contribution in [0.4, 0.5) is 0 Å². The van der Waals surface area contributed by atoms with Crippen molar-refractivity contribution in [3.8, 4) is 0 Å². The number of halogens is 1. The van der Waals surface area contributed by atoms with Gasteiger partial charge in [-0.05, 0) is 48.6 Å². The number of carbonyl (C=O) groups is 1. The Kier molecular flexibility index (Phi) is 5.92. The molecule has 4 rings (SSSR count). The summed E-state index contributed by atoms with van der Waals surface area (Å²) in [7, 11) is -3.85. The second kappa shape index (κ2) is 8.44. The number of hydrogen-bond donors (Lipinski definition) is 1. The monoisotopic (exact) mass is 434 g/mol. The first-order valence-corrected chi connectivity index (χ1v) is 11.6. The highest BCUT2D eigenvalue weighted by atomic mass is 35.5. The summed E-state index contributed by atoms with van der Waals surface area (Å²) in [5.41, 5.74) is 2.67. The summed E-state index contributed by atoms with van der Waals surface area (Å²) in [5, 5.41) is 0.0883. The second-order valence-electron chi connectivity index (χ2n) is 7.38. The molecule has 6 nitrogen and oxygen atoms in total. The van der Waals surface area contributed by atoms with Crippen molar-refractivity contribution in [1.82, 2.24) is 9.62 Å². The first-order chi connectivity index (χ1) is 13.9. The zero-order valence-corrected chi connectivity index (χ0v) is 17.5. The lowest BCUT2D eigenvalue weighted by Gasteiger charge is -2.29. The summed E-state index contributed by atoms with van der Waals surface area (Å²) in [6.45, 7) is 1.95. The minimum atomic E-state index is -3.85. The molecule has 1 N–H and O–H groups in total. The average molecular weight is 435 g/mol. The molecule has 1 saturated heterocycles. The van der Waals surface area contributed by atoms with E-state index >= 15 is 0 Å². The molecule has 154 valence electrons. The van der Waals surface area contributed by atoms with Gasteiger partial charge in [-0.25, -0.2) is 13.1 Å². The van der Waals surface area contributed by atoms with E-state index in [2.05, 4.69) is 10.8 Å². The first kappa shape index (κ1) is 20.3. The van der Waals surface area contributed by atoms with Crippen LogP contribution in [0.5, 0.6) is 0 Å². The van der Waals surface area contributed by atoms with Crippen LogP contribution in [-0.2, 0) is 27.7 Å². The van der Waals surface area contributed by atoms with E-state index in [-0.39, 0.29) is 28.5 Å². The molecule has 0 saturated carbocycles. The maximum atomic E-state index is 13.0. The van der Waals surface area contributed by atoms with Crippen LogP contribution in [0.25, 0.3) is 0 Å². The van der Waals surface area contributed by atoms with Gasteiger partial charge in [-0.3, -0.25) is 4.79 Å². The predicted molar refractivity (Wildman–Crippen MR) is 111 cm³/mol. The van der Waals surface area contributed by atoms with Crippen LogP contribution >= 0.6 is 11.6 Å². The quantitative estimate of drug-likeness (QED) is 0.784. The number of hydrogen-bond acceptors (Lipinski definition) is 4. The van der Waals surface area contributed by atoms with Crippen molar-refractivity contribution >= 4 is 27.5 Å². The van der Waals surface area contributed by atoms with Crippen LogP contribution in [0.1, 0.15) is 34.3 Å². The third kappa shape index (κ3) is 4.48. The summed E-state index contributed by atoms with van der Waals surface area (Å²) in [6, 6.07) is 12.4. The minimum absolute atomic E-state index is 0.0829. The SMILES string of the molecule is O=C(c1ccc(Cl)c(S(=O)(=O)NCC2CCCO2)c1)N1CCc2ccccc2C1. The van der Waals surface area contributed by atoms with Crippen molar-refractivity contribution < 1.29 is 17.9 Å². The Morgan fingerprint density at radius 3 is 2.76 bits per heavy atom. The van der Waals surface area contributed by atoms with Crippen LogP contribution in [0.3, 0.4) is 0 Å². The molecular formula is C21H23ClN2O4S. The lowest BCUT2D eigenvalue weighted by atomic mass is 9.99. The number of fused-ring (bicyclic) bond motifs is 1. The number of carbonyl (C=O) groups excluding carboxylic acids is 1. The van der Waals surface area contributed by atoms with Crippen LogP contribution < -0.4 is 4.72 Å². The standard InChI is InChI=1S/C21H23ClN2O4S/c22-19-8-7-16(12-20(19)29(26,27)23-13-18-6-3-11-28-18)21(25)24-10-9-15-4-1-2-5-17(15)14-24/h1-2,4-5,7-8,12,18,23H,3,6,9-11,13-14H2. The fraction of sp³-hybridized carbons (Fsp3) is 0.381. The number of nitrogens with zero attached hydrogens (tertiary/aromatic N) is 1. The highest BCUT2D eigenvalue weighted by Crippen LogP contribution is 2.25. The number of ether oxygens (including phenoxy) is 1. The molecule has 0 aliphatic carbocycles. The van der Waals surface area contributed by atoms with E-state index in [0.29, 0.717) is 25.3 Å². The van der Waals surface area contributed by atoms with Gasteiger partial charge in [0, 0.05) is 31.8 Å². The second-order valence-corrected chi connectivity index (χ2v) is 9.52. The predicted octanol–water partition coefficient (Wildman–Crippen LogP) is 3.00. The Hall–Kier alpha value is -1.93. The number of amides is 1. The molecule has 0 spiro atoms. The van der Waals surface area contributed by atoms with Crippen molar-refractivity contribution in [3.05, 3.63) is 64.2 Å². The number of sulfonamides is 1. The molecule has 2 heterocycles. The van der Waals surface area contributed by atoms with Crippen LogP contribution in [-0.4, -0.2) is 45.0 Å². The van der Waals surface area contributed by atoms with E-state index in [1.165, 1.54) is 17.7 Å². The van der Waals surface area contributed by atoms with Crippen molar-refractivity contribution in [2.75, 3.05) is 19.7 Å². The molecule has 2 aromatic rings. The Bertz CT molecular complexity index is 1020. The van der Waals surface area contributed by atoms with Gasteiger partial charge < -0.3 is 9.64 Å². The van der Waals surface area contributed by atoms with Gasteiger partial charge in [0.15, 0.2) is 0 Å². The fourth-order valence-electron chi connectivity index (χ4n) is 3.78. The summed E-state index contributed by atoms with van der Waals surface area (Å²) < 4.78 is 33.5. The van der Waals surface area contributed by atoms with Gasteiger partial charge in [0.2, 0.25) is 10.0 Å². The van der Waals surface area contributed by atoms with Crippen LogP contribution in [0.2, 0.25) is 5.02 Å². The van der Waals surface area contributed by atoms with Crippen molar-refractivity contribution in [2.45, 2.75) is 36.8 Å². The number of nitrogens with one attached hydrogen (secondary N) is 1. The largest absolute Gasteiger partial charge is 0.377 e. The molecule has 1 unspecified atom stereocenters. The van der Waals surface area contributed by atoms with E-state index in [1.807, 2.05) is 18.2 Å². The molecule has 0 radical (unpaired) electrons. The summed E-state index contributed by atoms with van der Waals surface area (Å²) in [4.78, 5) is 14.7. The molecule has 29 heavy (non-hydrogen) atoms. The Morgan fingerprint density at radius 1 is 1.21 bits per heavy atom. The molecule has 2 aromatic carbocycles. The molecule has 8 heteroatoms. The van der Waals surface area contributed by atoms with Crippen molar-refractivity contribution in [3.63, 3.8) is 0 Å². The highest BCUT2D eigenvalue weighted by molar-refractivity contribution is 7.89. The van der Waals surface area contributed by atoms with Gasteiger partial charge in [-0.1, -0.05) is 35.9 Å². The number of rotatable bonds is 5. The van der Waals surface area contributed by atoms with Gasteiger partial charge in [-0.2, -0.15) is 0 Å². The zero-order valence-electron chi connectivity index (χ0n) is 15.9. The van der Waals surface area contributed by atoms with E-state index in [1.54, 1.807) is 11.0 Å². The Labute approximate surface area is 175 Å². The molecular weight excluding hydrogens is 412 g/mol. The zero-order chi connectivity index (χ0) is 20.4. The first-order valence-electron chi connectivity index (χ1n) is 9.71. The smallest absolute Gasteiger partial charge is 0.254 e. The molecule has 0 bridgehead atoms. The van der Waals surface area contributed by atoms with Gasteiger partial charge in [0.25, 0.3) is 5.91 Å². The molecule has 2 aliphatic heterocycles. The normalized spacial score (nSPS) is 19.2. The molecule has 1 amide bonds. The van der Waals surface area contributed by atoms with Gasteiger partial charge in [-0.15, -0.1) is 0 Å². The Morgan fingerprint density at radius 2 is 2.00 bits per heavy atom. The summed E-state index contributed by atoms with van der Waals surface area (Å²) in [5.74, 6) is -0.202. The van der Waals surface area contributed by atoms with Crippen LogP contribution in [0.15, 0.2) is 47.4 Å². The molecule has 1 fully saturated rings. The summed E-state index contributed by atoms with van der Waals surface area (Å²) in [6.07, 6.45) is 2.41. The Balaban J connectivity index is 1.52. The third-order valence-electron chi connectivity index (χ3n) is 5.41. The lowest BCUT2D eigenvalue weighted by molar-refractivity contribution is 0.0734. The van der Waals surface area contributed by atoms with E-state index in [9.17, 15) is 13.2 Å². The maximum absolute atomic E-state index is 13.0. The average Bonchev–Trinajstić information content (AvgIpc) is 3.25. The van der Waals surface area contributed by atoms with E-state index < -0.39 is 10.0 Å². The van der Waals surface area contributed by atoms with Crippen molar-refractivity contribution in [2.24, 2.45) is 0 Å². The van der Waals surface area contributed by atoms with Gasteiger partial charge >= 0.3 is 0 Å². The lowest BCUT2D eigenvalue weighted by Crippen LogP contribution is -2.36. The molecule has 0 aromatic heterocycles. The third-order valence-corrected chi connectivity index (χ3v) is 7.32. The topological polar surface area (TPSA) is 75.7 Å². The molecule has 1 atom stereocenters. The molecule has 2 aliphatic rings. The van der Waals surface area contributed by atoms with Crippen molar-refractivity contribution in [1.29, 1.82) is 0 Å². The van der Waals surface area contributed by atoms with Gasteiger partial charge in [0.05, 0.1) is 11.1 Å². The maximum Gasteiger partial charge on any atom is 0.254 e. The van der Waals surface area contributed by atoms with Gasteiger partial charge in [0.1, 0.15) is 4.90 Å². The summed E-state index contributed by atoms with van der Waals surface area (Å²) >= 11 is 6.16. The van der Waals surface area contributed by atoms with Crippen LogP contribution in [0, 0.1) is 0 Å². The van der Waals surface area contributed by atoms with E-state index in [4.69, 9.17) is 16.3 Å². The van der Waals surface area contributed by atoms with E-state index in [0.717, 1.165) is 24.8 Å². The highest BCUT2D eigenvalue weighted by Gasteiger charge is 2.26. The number of benzene rings is 2.